The zero-order valence-electron chi connectivity index (χ0n) is 23.6. The number of phenols is 1. The van der Waals surface area contributed by atoms with E-state index in [2.05, 4.69) is 21.3 Å². The van der Waals surface area contributed by atoms with Crippen LogP contribution >= 0.6 is 0 Å². The van der Waals surface area contributed by atoms with Crippen molar-refractivity contribution in [3.63, 3.8) is 0 Å². The summed E-state index contributed by atoms with van der Waals surface area (Å²) in [4.78, 5) is 86.0. The lowest BCUT2D eigenvalue weighted by Crippen LogP contribution is -2.60. The Hall–Kier alpha value is -4.77. The highest BCUT2D eigenvalue weighted by Crippen LogP contribution is 2.13. The molecule has 17 nitrogen and oxygen atoms in total. The molecule has 0 spiro atoms. The van der Waals surface area contributed by atoms with Crippen LogP contribution in [-0.4, -0.2) is 98.7 Å². The molecule has 12 N–H and O–H groups in total. The smallest absolute Gasteiger partial charge is 0.326 e. The topological polar surface area (TPSA) is 301 Å². The van der Waals surface area contributed by atoms with E-state index in [0.717, 1.165) is 0 Å². The number of aliphatic carboxylic acids is 2. The lowest BCUT2D eigenvalue weighted by Gasteiger charge is -2.28. The summed E-state index contributed by atoms with van der Waals surface area (Å²) in [5, 5.41) is 46.5. The molecule has 17 heteroatoms. The van der Waals surface area contributed by atoms with Gasteiger partial charge < -0.3 is 53.2 Å². The van der Waals surface area contributed by atoms with Crippen LogP contribution in [0.3, 0.4) is 0 Å². The molecule has 6 atom stereocenters. The summed E-state index contributed by atoms with van der Waals surface area (Å²) < 4.78 is 0. The average molecular weight is 611 g/mol. The molecule has 0 saturated heterocycles. The number of carbonyl (C=O) groups excluding carboxylic acids is 5. The van der Waals surface area contributed by atoms with Gasteiger partial charge in [0.25, 0.3) is 0 Å². The molecule has 0 aliphatic rings. The predicted octanol–water partition coefficient (Wildman–Crippen LogP) is -3.33. The number of aliphatic hydroxyl groups excluding tert-OH is 1. The van der Waals surface area contributed by atoms with Crippen molar-refractivity contribution in [1.29, 1.82) is 0 Å². The zero-order chi connectivity index (χ0) is 32.9. The van der Waals surface area contributed by atoms with Gasteiger partial charge >= 0.3 is 11.9 Å². The number of phenolic OH excluding ortho intramolecular Hbond substituents is 1. The molecule has 1 rings (SSSR count). The fourth-order valence-electron chi connectivity index (χ4n) is 3.71. The third-order valence-electron chi connectivity index (χ3n) is 6.37. The molecule has 0 radical (unpaired) electrons. The summed E-state index contributed by atoms with van der Waals surface area (Å²) in [6, 6.07) is -2.14. The third kappa shape index (κ3) is 12.3. The van der Waals surface area contributed by atoms with Crippen LogP contribution < -0.4 is 32.7 Å². The van der Waals surface area contributed by atoms with E-state index in [1.165, 1.54) is 24.3 Å². The first-order valence-electron chi connectivity index (χ1n) is 13.2. The SMILES string of the molecule is CC[C@H](C)[C@H](NC(=O)[C@H](CC(=O)O)NC(=O)[C@H](Cc1ccc(O)cc1)NC(=O)[C@@H](N)CO)C(=O)N[C@@H](CC(N)=O)C(=O)O. The fourth-order valence-corrected chi connectivity index (χ4v) is 3.71. The summed E-state index contributed by atoms with van der Waals surface area (Å²) in [6.45, 7) is 2.47. The minimum atomic E-state index is -1.77. The van der Waals surface area contributed by atoms with Crippen molar-refractivity contribution in [2.24, 2.45) is 17.4 Å². The molecule has 0 unspecified atom stereocenters. The number of aliphatic hydroxyl groups is 1. The van der Waals surface area contributed by atoms with Gasteiger partial charge in [0.15, 0.2) is 0 Å². The highest BCUT2D eigenvalue weighted by Gasteiger charge is 2.35. The zero-order valence-corrected chi connectivity index (χ0v) is 23.6. The third-order valence-corrected chi connectivity index (χ3v) is 6.37. The predicted molar refractivity (Wildman–Crippen MR) is 148 cm³/mol. The van der Waals surface area contributed by atoms with E-state index in [0.29, 0.717) is 12.0 Å². The van der Waals surface area contributed by atoms with Crippen molar-refractivity contribution in [1.82, 2.24) is 21.3 Å². The molecular formula is C26H38N6O11. The summed E-state index contributed by atoms with van der Waals surface area (Å²) in [5.74, 6) is -8.78. The molecule has 43 heavy (non-hydrogen) atoms. The Morgan fingerprint density at radius 2 is 1.33 bits per heavy atom. The van der Waals surface area contributed by atoms with Crippen molar-refractivity contribution >= 4 is 41.5 Å². The van der Waals surface area contributed by atoms with Crippen LogP contribution in [-0.2, 0) is 40.0 Å². The molecule has 1 aromatic rings. The minimum Gasteiger partial charge on any atom is -0.508 e. The van der Waals surface area contributed by atoms with E-state index in [4.69, 9.17) is 11.5 Å². The molecule has 0 fully saturated rings. The molecule has 0 saturated carbocycles. The number of carboxylic acids is 2. The summed E-state index contributed by atoms with van der Waals surface area (Å²) in [6.07, 6.45) is -1.56. The number of hydrogen-bond acceptors (Lipinski definition) is 10. The highest BCUT2D eigenvalue weighted by atomic mass is 16.4. The summed E-state index contributed by atoms with van der Waals surface area (Å²) in [5.41, 5.74) is 11.0. The average Bonchev–Trinajstić information content (AvgIpc) is 2.94. The maximum Gasteiger partial charge on any atom is 0.326 e. The highest BCUT2D eigenvalue weighted by molar-refractivity contribution is 5.97. The van der Waals surface area contributed by atoms with E-state index in [9.17, 15) is 54.0 Å². The fraction of sp³-hybridized carbons (Fsp3) is 0.500. The van der Waals surface area contributed by atoms with Crippen molar-refractivity contribution in [3.05, 3.63) is 29.8 Å². The van der Waals surface area contributed by atoms with Crippen LogP contribution in [0.2, 0.25) is 0 Å². The standard InChI is InChI=1S/C26H38N6O11/c1-3-12(2)21(25(41)31-18(26(42)43)9-19(28)35)32-24(40)17(10-20(36)37)30-23(39)16(29-22(38)15(27)11-33)8-13-4-6-14(34)7-5-13/h4-7,12,15-18,21,33-34H,3,8-11,27H2,1-2H3,(H2,28,35)(H,29,38)(H,30,39)(H,31,41)(H,32,40)(H,36,37)(H,42,43)/t12-,15-,16-,17-,18-,21-/m0/s1. The molecular weight excluding hydrogens is 572 g/mol. The van der Waals surface area contributed by atoms with Gasteiger partial charge in [-0.2, -0.15) is 0 Å². The van der Waals surface area contributed by atoms with Gasteiger partial charge in [-0.3, -0.25) is 28.8 Å². The maximum absolute atomic E-state index is 13.3. The van der Waals surface area contributed by atoms with Crippen LogP contribution in [0.15, 0.2) is 24.3 Å². The van der Waals surface area contributed by atoms with Gasteiger partial charge in [-0.05, 0) is 23.6 Å². The number of carboxylic acid groups (broad SMARTS) is 2. The van der Waals surface area contributed by atoms with Crippen LogP contribution in [0.4, 0.5) is 0 Å². The molecule has 5 amide bonds. The largest absolute Gasteiger partial charge is 0.508 e. The number of carbonyl (C=O) groups is 7. The maximum atomic E-state index is 13.3. The second-order valence-corrected chi connectivity index (χ2v) is 9.82. The summed E-state index contributed by atoms with van der Waals surface area (Å²) >= 11 is 0. The Morgan fingerprint density at radius 3 is 1.81 bits per heavy atom. The van der Waals surface area contributed by atoms with E-state index in [1.807, 2.05) is 0 Å². The van der Waals surface area contributed by atoms with Crippen LogP contribution in [0.25, 0.3) is 0 Å². The Bertz CT molecular complexity index is 1180. The van der Waals surface area contributed by atoms with Crippen molar-refractivity contribution in [2.45, 2.75) is 69.7 Å². The quantitative estimate of drug-likeness (QED) is 0.0781. The molecule has 0 aliphatic heterocycles. The van der Waals surface area contributed by atoms with Gasteiger partial charge in [-0.15, -0.1) is 0 Å². The Balaban J connectivity index is 3.25. The number of rotatable bonds is 18. The van der Waals surface area contributed by atoms with Crippen LogP contribution in [0, 0.1) is 5.92 Å². The second kappa shape index (κ2) is 17.2. The molecule has 0 aliphatic carbocycles. The molecule has 0 heterocycles. The van der Waals surface area contributed by atoms with Gasteiger partial charge in [-0.1, -0.05) is 32.4 Å². The molecule has 238 valence electrons. The van der Waals surface area contributed by atoms with E-state index in [1.54, 1.807) is 13.8 Å². The Labute approximate surface area is 246 Å². The lowest BCUT2D eigenvalue weighted by atomic mass is 9.97. The minimum absolute atomic E-state index is 0.0708. The first-order valence-corrected chi connectivity index (χ1v) is 13.2. The molecule has 1 aromatic carbocycles. The van der Waals surface area contributed by atoms with Crippen LogP contribution in [0.5, 0.6) is 5.75 Å². The van der Waals surface area contributed by atoms with Gasteiger partial charge in [0.2, 0.25) is 29.5 Å². The van der Waals surface area contributed by atoms with E-state index >= 15 is 0 Å². The number of aromatic hydroxyl groups is 1. The van der Waals surface area contributed by atoms with Gasteiger partial charge in [0.1, 0.15) is 36.0 Å². The number of amides is 5. The molecule has 0 aromatic heterocycles. The van der Waals surface area contributed by atoms with Gasteiger partial charge in [0, 0.05) is 6.42 Å². The Kier molecular flexibility index (Phi) is 14.5. The van der Waals surface area contributed by atoms with Gasteiger partial charge in [-0.25, -0.2) is 4.79 Å². The Morgan fingerprint density at radius 1 is 0.791 bits per heavy atom. The number of primary amides is 1. The number of nitrogens with one attached hydrogen (secondary N) is 4. The number of nitrogens with two attached hydrogens (primary N) is 2. The molecule has 0 bridgehead atoms. The first-order chi connectivity index (χ1) is 20.1. The van der Waals surface area contributed by atoms with Gasteiger partial charge in [0.05, 0.1) is 19.4 Å². The lowest BCUT2D eigenvalue weighted by molar-refractivity contribution is -0.144. The number of hydrogen-bond donors (Lipinski definition) is 10. The monoisotopic (exact) mass is 610 g/mol. The van der Waals surface area contributed by atoms with Crippen molar-refractivity contribution in [2.75, 3.05) is 6.61 Å². The van der Waals surface area contributed by atoms with Crippen molar-refractivity contribution in [3.8, 4) is 5.75 Å². The van der Waals surface area contributed by atoms with E-state index in [-0.39, 0.29) is 12.2 Å². The van der Waals surface area contributed by atoms with E-state index < -0.39 is 97.1 Å². The number of benzene rings is 1. The second-order valence-electron chi connectivity index (χ2n) is 9.82. The first kappa shape index (κ1) is 36.3. The normalized spacial score (nSPS) is 15.0. The van der Waals surface area contributed by atoms with Crippen LogP contribution in [0.1, 0.15) is 38.7 Å². The van der Waals surface area contributed by atoms with Crippen molar-refractivity contribution < 1.29 is 54.0 Å². The summed E-state index contributed by atoms with van der Waals surface area (Å²) in [7, 11) is 0.